The third-order valence-corrected chi connectivity index (χ3v) is 3.19. The van der Waals surface area contributed by atoms with E-state index in [1.807, 2.05) is 7.05 Å². The van der Waals surface area contributed by atoms with E-state index < -0.39 is 0 Å². The number of hydrogen-bond acceptors (Lipinski definition) is 3. The van der Waals surface area contributed by atoms with Crippen LogP contribution in [0, 0.1) is 5.82 Å². The van der Waals surface area contributed by atoms with Crippen molar-refractivity contribution < 1.29 is 13.9 Å². The first-order valence-corrected chi connectivity index (χ1v) is 5.88. The Hall–Kier alpha value is -1.13. The van der Waals surface area contributed by atoms with Gasteiger partial charge in [-0.15, -0.1) is 0 Å². The Kier molecular flexibility index (Phi) is 3.97. The van der Waals surface area contributed by atoms with E-state index in [9.17, 15) is 4.39 Å². The van der Waals surface area contributed by atoms with Gasteiger partial charge in [-0.2, -0.15) is 0 Å². The maximum Gasteiger partial charge on any atom is 0.131 e. The van der Waals surface area contributed by atoms with Gasteiger partial charge < -0.3 is 14.8 Å². The van der Waals surface area contributed by atoms with Gasteiger partial charge in [0.05, 0.1) is 19.3 Å². The third kappa shape index (κ3) is 2.58. The van der Waals surface area contributed by atoms with Crippen LogP contribution in [0.3, 0.4) is 0 Å². The molecule has 1 aromatic carbocycles. The minimum Gasteiger partial charge on any atom is -0.497 e. The molecule has 4 heteroatoms. The summed E-state index contributed by atoms with van der Waals surface area (Å²) in [6.07, 6.45) is 2.07. The van der Waals surface area contributed by atoms with Crippen molar-refractivity contribution in [2.75, 3.05) is 20.8 Å². The molecule has 2 unspecified atom stereocenters. The predicted molar refractivity (Wildman–Crippen MR) is 63.7 cm³/mol. The van der Waals surface area contributed by atoms with Gasteiger partial charge in [-0.25, -0.2) is 4.39 Å². The molecule has 0 aromatic heterocycles. The fourth-order valence-electron chi connectivity index (χ4n) is 2.29. The molecular formula is C13H18FNO2. The van der Waals surface area contributed by atoms with Crippen LogP contribution in [-0.2, 0) is 4.74 Å². The lowest BCUT2D eigenvalue weighted by atomic mass is 9.99. The van der Waals surface area contributed by atoms with Crippen molar-refractivity contribution >= 4 is 0 Å². The summed E-state index contributed by atoms with van der Waals surface area (Å²) in [6.45, 7) is 0.765. The average molecular weight is 239 g/mol. The van der Waals surface area contributed by atoms with Crippen LogP contribution >= 0.6 is 0 Å². The van der Waals surface area contributed by atoms with E-state index >= 15 is 0 Å². The van der Waals surface area contributed by atoms with Crippen molar-refractivity contribution in [2.24, 2.45) is 0 Å². The fraction of sp³-hybridized carbons (Fsp3) is 0.538. The van der Waals surface area contributed by atoms with Crippen molar-refractivity contribution in [1.82, 2.24) is 5.32 Å². The molecule has 1 aliphatic rings. The quantitative estimate of drug-likeness (QED) is 0.874. The second-order valence-electron chi connectivity index (χ2n) is 4.21. The molecule has 1 saturated heterocycles. The largest absolute Gasteiger partial charge is 0.497 e. The average Bonchev–Trinajstić information content (AvgIpc) is 2.85. The standard InChI is InChI=1S/C13H18FNO2/c1-15-13(12-4-3-7-17-12)10-6-5-9(16-2)8-11(10)14/h5-6,8,12-13,15H,3-4,7H2,1-2H3. The summed E-state index contributed by atoms with van der Waals surface area (Å²) >= 11 is 0. The summed E-state index contributed by atoms with van der Waals surface area (Å²) in [4.78, 5) is 0. The second kappa shape index (κ2) is 5.47. The highest BCUT2D eigenvalue weighted by Crippen LogP contribution is 2.29. The molecule has 0 radical (unpaired) electrons. The van der Waals surface area contributed by atoms with E-state index in [-0.39, 0.29) is 18.0 Å². The molecule has 2 rings (SSSR count). The van der Waals surface area contributed by atoms with Gasteiger partial charge >= 0.3 is 0 Å². The van der Waals surface area contributed by atoms with Crippen molar-refractivity contribution in [3.05, 3.63) is 29.6 Å². The molecule has 2 atom stereocenters. The molecule has 1 N–H and O–H groups in total. The summed E-state index contributed by atoms with van der Waals surface area (Å²) in [5.41, 5.74) is 0.639. The Morgan fingerprint density at radius 3 is 2.88 bits per heavy atom. The van der Waals surface area contributed by atoms with Crippen molar-refractivity contribution in [3.63, 3.8) is 0 Å². The number of ether oxygens (including phenoxy) is 2. The molecule has 1 heterocycles. The number of likely N-dealkylation sites (N-methyl/N-ethyl adjacent to an activating group) is 1. The highest BCUT2D eigenvalue weighted by molar-refractivity contribution is 5.31. The van der Waals surface area contributed by atoms with Gasteiger partial charge in [0.2, 0.25) is 0 Å². The molecule has 0 spiro atoms. The van der Waals surface area contributed by atoms with Gasteiger partial charge in [-0.05, 0) is 26.0 Å². The molecule has 3 nitrogen and oxygen atoms in total. The van der Waals surface area contributed by atoms with Crippen LogP contribution < -0.4 is 10.1 Å². The first-order chi connectivity index (χ1) is 8.26. The van der Waals surface area contributed by atoms with E-state index in [1.165, 1.54) is 13.2 Å². The SMILES string of the molecule is CNC(c1ccc(OC)cc1F)C1CCCO1. The number of methoxy groups -OCH3 is 1. The minimum absolute atomic E-state index is 0.0582. The van der Waals surface area contributed by atoms with Gasteiger partial charge in [-0.3, -0.25) is 0 Å². The normalized spacial score (nSPS) is 21.5. The van der Waals surface area contributed by atoms with E-state index in [0.717, 1.165) is 19.4 Å². The summed E-state index contributed by atoms with van der Waals surface area (Å²) in [5, 5.41) is 3.13. The summed E-state index contributed by atoms with van der Waals surface area (Å²) in [5.74, 6) is 0.285. The minimum atomic E-state index is -0.251. The topological polar surface area (TPSA) is 30.5 Å². The number of halogens is 1. The molecule has 0 amide bonds. The van der Waals surface area contributed by atoms with E-state index in [1.54, 1.807) is 12.1 Å². The Bertz CT molecular complexity index is 378. The van der Waals surface area contributed by atoms with Crippen LogP contribution in [0.4, 0.5) is 4.39 Å². The predicted octanol–water partition coefficient (Wildman–Crippen LogP) is 2.27. The maximum atomic E-state index is 14.0. The van der Waals surface area contributed by atoms with Crippen LogP contribution in [0.1, 0.15) is 24.4 Å². The number of rotatable bonds is 4. The monoisotopic (exact) mass is 239 g/mol. The number of benzene rings is 1. The summed E-state index contributed by atoms with van der Waals surface area (Å²) in [7, 11) is 3.36. The van der Waals surface area contributed by atoms with Crippen LogP contribution in [0.2, 0.25) is 0 Å². The van der Waals surface area contributed by atoms with Crippen LogP contribution in [0.15, 0.2) is 18.2 Å². The van der Waals surface area contributed by atoms with E-state index in [0.29, 0.717) is 11.3 Å². The van der Waals surface area contributed by atoms with Crippen molar-refractivity contribution in [3.8, 4) is 5.75 Å². The summed E-state index contributed by atoms with van der Waals surface area (Å²) < 4.78 is 24.6. The first kappa shape index (κ1) is 12.3. The molecule has 0 bridgehead atoms. The molecule has 1 fully saturated rings. The first-order valence-electron chi connectivity index (χ1n) is 5.88. The van der Waals surface area contributed by atoms with Crippen LogP contribution in [0.25, 0.3) is 0 Å². The smallest absolute Gasteiger partial charge is 0.131 e. The van der Waals surface area contributed by atoms with Gasteiger partial charge in [0.15, 0.2) is 0 Å². The van der Waals surface area contributed by atoms with Crippen molar-refractivity contribution in [1.29, 1.82) is 0 Å². The number of hydrogen-bond donors (Lipinski definition) is 1. The van der Waals surface area contributed by atoms with E-state index in [4.69, 9.17) is 9.47 Å². The Labute approximate surface area is 101 Å². The van der Waals surface area contributed by atoms with Crippen LogP contribution in [0.5, 0.6) is 5.75 Å². The van der Waals surface area contributed by atoms with E-state index in [2.05, 4.69) is 5.32 Å². The maximum absolute atomic E-state index is 14.0. The highest BCUT2D eigenvalue weighted by atomic mass is 19.1. The Morgan fingerprint density at radius 1 is 1.53 bits per heavy atom. The highest BCUT2D eigenvalue weighted by Gasteiger charge is 2.28. The van der Waals surface area contributed by atoms with Gasteiger partial charge in [0.25, 0.3) is 0 Å². The lowest BCUT2D eigenvalue weighted by Crippen LogP contribution is -2.29. The molecule has 1 aliphatic heterocycles. The van der Waals surface area contributed by atoms with Crippen molar-refractivity contribution in [2.45, 2.75) is 25.0 Å². The third-order valence-electron chi connectivity index (χ3n) is 3.19. The molecule has 94 valence electrons. The lowest BCUT2D eigenvalue weighted by molar-refractivity contribution is 0.0796. The van der Waals surface area contributed by atoms with Crippen LogP contribution in [-0.4, -0.2) is 26.9 Å². The molecule has 0 aliphatic carbocycles. The Morgan fingerprint density at radius 2 is 2.35 bits per heavy atom. The molecule has 1 aromatic rings. The molecule has 17 heavy (non-hydrogen) atoms. The zero-order valence-electron chi connectivity index (χ0n) is 10.2. The van der Waals surface area contributed by atoms with Gasteiger partial charge in [0, 0.05) is 18.2 Å². The van der Waals surface area contributed by atoms with Gasteiger partial charge in [0.1, 0.15) is 11.6 Å². The zero-order chi connectivity index (χ0) is 12.3. The lowest BCUT2D eigenvalue weighted by Gasteiger charge is -2.23. The molecular weight excluding hydrogens is 221 g/mol. The Balaban J connectivity index is 2.23. The summed E-state index contributed by atoms with van der Waals surface area (Å²) in [6, 6.07) is 4.85. The number of nitrogens with one attached hydrogen (secondary N) is 1. The van der Waals surface area contributed by atoms with Gasteiger partial charge in [-0.1, -0.05) is 6.07 Å². The molecule has 0 saturated carbocycles. The zero-order valence-corrected chi connectivity index (χ0v) is 10.2. The fourth-order valence-corrected chi connectivity index (χ4v) is 2.29. The second-order valence-corrected chi connectivity index (χ2v) is 4.21.